The maximum Gasteiger partial charge on any atom is 0.154 e. The van der Waals surface area contributed by atoms with Crippen molar-refractivity contribution in [1.29, 1.82) is 0 Å². The quantitative estimate of drug-likeness (QED) is 0.640. The summed E-state index contributed by atoms with van der Waals surface area (Å²) >= 11 is 6.83. The van der Waals surface area contributed by atoms with Crippen molar-refractivity contribution in [2.24, 2.45) is 29.6 Å². The standard InChI is InChI=1S/C15H25ClO/c1-9(2)12-6-5-11(4)15(16)13(12)7-10(3)8-14(15)17/h9-13H,5-8H2,1-4H3/t10-,11+,12+,13+,15-/m1/s1. The zero-order valence-electron chi connectivity index (χ0n) is 11.5. The summed E-state index contributed by atoms with van der Waals surface area (Å²) in [6.45, 7) is 8.93. The molecule has 0 saturated heterocycles. The molecule has 0 aromatic heterocycles. The van der Waals surface area contributed by atoms with Crippen molar-refractivity contribution in [2.45, 2.75) is 58.3 Å². The van der Waals surface area contributed by atoms with Gasteiger partial charge in [-0.1, -0.05) is 27.7 Å². The molecule has 0 aliphatic heterocycles. The Labute approximate surface area is 110 Å². The summed E-state index contributed by atoms with van der Waals surface area (Å²) in [5.41, 5.74) is 0. The van der Waals surface area contributed by atoms with Gasteiger partial charge in [-0.2, -0.15) is 0 Å². The summed E-state index contributed by atoms with van der Waals surface area (Å²) < 4.78 is 0. The Morgan fingerprint density at radius 3 is 2.53 bits per heavy atom. The summed E-state index contributed by atoms with van der Waals surface area (Å²) in [6.07, 6.45) is 4.19. The monoisotopic (exact) mass is 256 g/mol. The highest BCUT2D eigenvalue weighted by Gasteiger charge is 2.56. The van der Waals surface area contributed by atoms with Gasteiger partial charge in [0.1, 0.15) is 4.87 Å². The number of fused-ring (bicyclic) bond motifs is 1. The van der Waals surface area contributed by atoms with Crippen molar-refractivity contribution < 1.29 is 4.79 Å². The summed E-state index contributed by atoms with van der Waals surface area (Å²) in [7, 11) is 0. The fourth-order valence-electron chi connectivity index (χ4n) is 4.15. The first kappa shape index (κ1) is 13.4. The van der Waals surface area contributed by atoms with Crippen LogP contribution in [-0.4, -0.2) is 10.7 Å². The summed E-state index contributed by atoms with van der Waals surface area (Å²) in [5, 5.41) is 0. The van der Waals surface area contributed by atoms with Crippen LogP contribution in [-0.2, 0) is 4.79 Å². The molecule has 0 heterocycles. The highest BCUT2D eigenvalue weighted by Crippen LogP contribution is 2.54. The lowest BCUT2D eigenvalue weighted by Crippen LogP contribution is -2.56. The molecule has 0 aromatic rings. The van der Waals surface area contributed by atoms with Gasteiger partial charge in [0, 0.05) is 6.42 Å². The number of Topliss-reactive ketones (excluding diaryl/α,β-unsaturated/α-hetero) is 1. The third kappa shape index (κ3) is 2.05. The largest absolute Gasteiger partial charge is 0.298 e. The van der Waals surface area contributed by atoms with Crippen molar-refractivity contribution in [2.75, 3.05) is 0 Å². The second-order valence-electron chi connectivity index (χ2n) is 6.73. The minimum Gasteiger partial charge on any atom is -0.298 e. The molecule has 2 saturated carbocycles. The minimum atomic E-state index is -0.542. The number of ketones is 1. The minimum absolute atomic E-state index is 0.320. The smallest absolute Gasteiger partial charge is 0.154 e. The first-order valence-corrected chi connectivity index (χ1v) is 7.47. The second kappa shape index (κ2) is 4.57. The first-order valence-electron chi connectivity index (χ1n) is 7.09. The van der Waals surface area contributed by atoms with E-state index in [4.69, 9.17) is 11.6 Å². The zero-order chi connectivity index (χ0) is 12.8. The van der Waals surface area contributed by atoms with Gasteiger partial charge in [-0.3, -0.25) is 4.79 Å². The summed E-state index contributed by atoms with van der Waals surface area (Å²) in [4.78, 5) is 11.9. The van der Waals surface area contributed by atoms with Gasteiger partial charge in [-0.25, -0.2) is 0 Å². The molecule has 2 rings (SSSR count). The molecule has 0 amide bonds. The number of hydrogen-bond acceptors (Lipinski definition) is 1. The van der Waals surface area contributed by atoms with Gasteiger partial charge < -0.3 is 0 Å². The van der Waals surface area contributed by atoms with Crippen molar-refractivity contribution in [1.82, 2.24) is 0 Å². The van der Waals surface area contributed by atoms with Gasteiger partial charge >= 0.3 is 0 Å². The van der Waals surface area contributed by atoms with E-state index < -0.39 is 4.87 Å². The summed E-state index contributed by atoms with van der Waals surface area (Å²) in [5.74, 6) is 2.87. The third-order valence-electron chi connectivity index (χ3n) is 5.18. The Hall–Kier alpha value is -0.0400. The lowest BCUT2D eigenvalue weighted by Gasteiger charge is -2.52. The molecule has 1 nitrogen and oxygen atoms in total. The van der Waals surface area contributed by atoms with Crippen LogP contribution in [0.4, 0.5) is 0 Å². The summed E-state index contributed by atoms with van der Waals surface area (Å²) in [6, 6.07) is 0. The molecule has 5 atom stereocenters. The lowest BCUT2D eigenvalue weighted by atomic mass is 9.56. The molecule has 0 spiro atoms. The van der Waals surface area contributed by atoms with Crippen molar-refractivity contribution in [3.63, 3.8) is 0 Å². The van der Waals surface area contributed by atoms with E-state index in [1.165, 1.54) is 6.42 Å². The van der Waals surface area contributed by atoms with Crippen LogP contribution in [0.5, 0.6) is 0 Å². The fraction of sp³-hybridized carbons (Fsp3) is 0.933. The van der Waals surface area contributed by atoms with Crippen LogP contribution < -0.4 is 0 Å². The van der Waals surface area contributed by atoms with Crippen LogP contribution in [0.2, 0.25) is 0 Å². The Kier molecular flexibility index (Phi) is 3.60. The molecule has 0 aromatic carbocycles. The predicted octanol–water partition coefficient (Wildman–Crippen LogP) is 4.28. The normalized spacial score (nSPS) is 47.1. The predicted molar refractivity (Wildman–Crippen MR) is 72.2 cm³/mol. The molecule has 2 aliphatic rings. The van der Waals surface area contributed by atoms with E-state index in [0.29, 0.717) is 41.8 Å². The highest BCUT2D eigenvalue weighted by atomic mass is 35.5. The number of rotatable bonds is 1. The van der Waals surface area contributed by atoms with E-state index >= 15 is 0 Å². The van der Waals surface area contributed by atoms with Crippen LogP contribution in [0.3, 0.4) is 0 Å². The van der Waals surface area contributed by atoms with Gasteiger partial charge in [-0.05, 0) is 48.9 Å². The van der Waals surface area contributed by atoms with Crippen LogP contribution >= 0.6 is 11.6 Å². The van der Waals surface area contributed by atoms with E-state index in [1.54, 1.807) is 0 Å². The fourth-order valence-corrected chi connectivity index (χ4v) is 4.58. The Bertz CT molecular complexity index is 312. The van der Waals surface area contributed by atoms with E-state index in [-0.39, 0.29) is 0 Å². The maximum absolute atomic E-state index is 12.4. The number of halogens is 1. The zero-order valence-corrected chi connectivity index (χ0v) is 12.3. The van der Waals surface area contributed by atoms with E-state index in [9.17, 15) is 4.79 Å². The molecule has 2 heteroatoms. The molecular formula is C15H25ClO. The van der Waals surface area contributed by atoms with Gasteiger partial charge in [-0.15, -0.1) is 11.6 Å². The second-order valence-corrected chi connectivity index (χ2v) is 7.35. The van der Waals surface area contributed by atoms with Crippen LogP contribution in [0.1, 0.15) is 53.4 Å². The number of hydrogen-bond donors (Lipinski definition) is 0. The lowest BCUT2D eigenvalue weighted by molar-refractivity contribution is -0.132. The Morgan fingerprint density at radius 2 is 1.94 bits per heavy atom. The molecule has 17 heavy (non-hydrogen) atoms. The number of carbonyl (C=O) groups excluding carboxylic acids is 1. The van der Waals surface area contributed by atoms with Crippen LogP contribution in [0.15, 0.2) is 0 Å². The van der Waals surface area contributed by atoms with Gasteiger partial charge in [0.25, 0.3) is 0 Å². The van der Waals surface area contributed by atoms with Gasteiger partial charge in [0.05, 0.1) is 0 Å². The van der Waals surface area contributed by atoms with Gasteiger partial charge in [0.15, 0.2) is 5.78 Å². The van der Waals surface area contributed by atoms with Crippen molar-refractivity contribution in [3.8, 4) is 0 Å². The Balaban J connectivity index is 2.34. The molecule has 2 fully saturated rings. The topological polar surface area (TPSA) is 17.1 Å². The molecule has 0 unspecified atom stereocenters. The molecule has 0 bridgehead atoms. The Morgan fingerprint density at radius 1 is 1.29 bits per heavy atom. The number of alkyl halides is 1. The van der Waals surface area contributed by atoms with E-state index in [0.717, 1.165) is 12.8 Å². The number of carbonyl (C=O) groups is 1. The average molecular weight is 257 g/mol. The van der Waals surface area contributed by atoms with Crippen molar-refractivity contribution in [3.05, 3.63) is 0 Å². The van der Waals surface area contributed by atoms with Crippen molar-refractivity contribution >= 4 is 17.4 Å². The van der Waals surface area contributed by atoms with Crippen LogP contribution in [0.25, 0.3) is 0 Å². The van der Waals surface area contributed by atoms with E-state index in [2.05, 4.69) is 27.7 Å². The van der Waals surface area contributed by atoms with Crippen LogP contribution in [0, 0.1) is 29.6 Å². The molecular weight excluding hydrogens is 232 g/mol. The van der Waals surface area contributed by atoms with E-state index in [1.807, 2.05) is 0 Å². The molecule has 0 N–H and O–H groups in total. The van der Waals surface area contributed by atoms with Gasteiger partial charge in [0.2, 0.25) is 0 Å². The molecule has 98 valence electrons. The molecule has 0 radical (unpaired) electrons. The third-order valence-corrected chi connectivity index (χ3v) is 6.04. The first-order chi connectivity index (χ1) is 7.87. The maximum atomic E-state index is 12.4. The molecule has 2 aliphatic carbocycles. The average Bonchev–Trinajstić information content (AvgIpc) is 2.22. The highest BCUT2D eigenvalue weighted by molar-refractivity contribution is 6.36. The SMILES string of the molecule is CC(C)[C@@H]1CC[C@H](C)[C@]2(Cl)C(=O)C[C@H](C)C[C@@H]12.